The van der Waals surface area contributed by atoms with Gasteiger partial charge < -0.3 is 16.0 Å². The van der Waals surface area contributed by atoms with E-state index in [0.717, 1.165) is 16.5 Å². The van der Waals surface area contributed by atoms with Gasteiger partial charge in [0.1, 0.15) is 0 Å². The summed E-state index contributed by atoms with van der Waals surface area (Å²) in [6.45, 7) is -0.666. The number of para-hydroxylation sites is 1. The van der Waals surface area contributed by atoms with Crippen LogP contribution in [0.2, 0.25) is 0 Å². The molecule has 0 aliphatic carbocycles. The Kier molecular flexibility index (Phi) is 5.91. The second-order valence-electron chi connectivity index (χ2n) is 4.31. The number of hydrogen-bond donors (Lipinski definition) is 3. The number of carbonyl (C=O) groups is 1. The van der Waals surface area contributed by atoms with Crippen molar-refractivity contribution in [3.05, 3.63) is 36.0 Å². The minimum atomic E-state index is -2.57. The molecule has 0 fully saturated rings. The van der Waals surface area contributed by atoms with Gasteiger partial charge in [-0.05, 0) is 18.1 Å². The van der Waals surface area contributed by atoms with Crippen molar-refractivity contribution < 1.29 is 13.6 Å². The topological polar surface area (TPSA) is 70.9 Å². The normalized spacial score (nSPS) is 12.2. The molecule has 0 saturated heterocycles. The predicted molar refractivity (Wildman–Crippen MR) is 76.2 cm³/mol. The van der Waals surface area contributed by atoms with Gasteiger partial charge in [-0.15, -0.1) is 12.4 Å². The van der Waals surface area contributed by atoms with Crippen LogP contribution in [0.4, 0.5) is 8.78 Å². The van der Waals surface area contributed by atoms with E-state index in [1.807, 2.05) is 24.3 Å². The van der Waals surface area contributed by atoms with Gasteiger partial charge in [0.05, 0.1) is 12.6 Å². The van der Waals surface area contributed by atoms with Gasteiger partial charge in [-0.1, -0.05) is 18.2 Å². The average Bonchev–Trinajstić information content (AvgIpc) is 2.79. The number of benzene rings is 1. The highest BCUT2D eigenvalue weighted by molar-refractivity contribution is 5.86. The maximum Gasteiger partial charge on any atom is 0.255 e. The molecular formula is C13H16ClF2N3O. The number of aromatic nitrogens is 1. The van der Waals surface area contributed by atoms with Gasteiger partial charge in [-0.25, -0.2) is 8.78 Å². The minimum absolute atomic E-state index is 0. The van der Waals surface area contributed by atoms with E-state index < -0.39 is 24.9 Å². The highest BCUT2D eigenvalue weighted by Crippen LogP contribution is 2.18. The van der Waals surface area contributed by atoms with Gasteiger partial charge in [0.25, 0.3) is 6.43 Å². The molecule has 2 aromatic rings. The summed E-state index contributed by atoms with van der Waals surface area (Å²) < 4.78 is 24.0. The molecule has 2 rings (SSSR count). The monoisotopic (exact) mass is 303 g/mol. The fraction of sp³-hybridized carbons (Fsp3) is 0.308. The number of rotatable bonds is 5. The molecule has 0 unspecified atom stereocenters. The molecule has 1 amide bonds. The molecule has 7 heteroatoms. The summed E-state index contributed by atoms with van der Waals surface area (Å²) >= 11 is 0. The van der Waals surface area contributed by atoms with Crippen molar-refractivity contribution in [1.82, 2.24) is 10.3 Å². The number of H-pyrrole nitrogens is 1. The van der Waals surface area contributed by atoms with Crippen LogP contribution in [0.25, 0.3) is 10.9 Å². The van der Waals surface area contributed by atoms with E-state index >= 15 is 0 Å². The molecule has 0 radical (unpaired) electrons. The van der Waals surface area contributed by atoms with Crippen molar-refractivity contribution in [1.29, 1.82) is 0 Å². The van der Waals surface area contributed by atoms with Crippen LogP contribution < -0.4 is 11.1 Å². The SMILES string of the molecule is Cl.N[C@@H](Cc1c[nH]c2ccccc12)C(=O)NCC(F)F. The molecule has 0 aliphatic heterocycles. The fourth-order valence-electron chi connectivity index (χ4n) is 1.94. The van der Waals surface area contributed by atoms with E-state index in [9.17, 15) is 13.6 Å². The average molecular weight is 304 g/mol. The van der Waals surface area contributed by atoms with E-state index in [1.165, 1.54) is 0 Å². The molecule has 20 heavy (non-hydrogen) atoms. The van der Waals surface area contributed by atoms with Gasteiger partial charge in [-0.2, -0.15) is 0 Å². The summed E-state index contributed by atoms with van der Waals surface area (Å²) in [7, 11) is 0. The van der Waals surface area contributed by atoms with E-state index in [1.54, 1.807) is 6.20 Å². The highest BCUT2D eigenvalue weighted by atomic mass is 35.5. The van der Waals surface area contributed by atoms with Crippen molar-refractivity contribution >= 4 is 29.2 Å². The summed E-state index contributed by atoms with van der Waals surface area (Å²) in [4.78, 5) is 14.6. The van der Waals surface area contributed by atoms with Crippen LogP contribution in [0.15, 0.2) is 30.5 Å². The Morgan fingerprint density at radius 3 is 2.75 bits per heavy atom. The second kappa shape index (κ2) is 7.21. The van der Waals surface area contributed by atoms with E-state index in [4.69, 9.17) is 5.73 Å². The molecule has 1 aromatic carbocycles. The third kappa shape index (κ3) is 3.91. The lowest BCUT2D eigenvalue weighted by atomic mass is 10.1. The van der Waals surface area contributed by atoms with Gasteiger partial charge in [0, 0.05) is 17.1 Å². The van der Waals surface area contributed by atoms with Crippen molar-refractivity contribution in [2.45, 2.75) is 18.9 Å². The molecular weight excluding hydrogens is 288 g/mol. The lowest BCUT2D eigenvalue weighted by Gasteiger charge is -2.11. The second-order valence-corrected chi connectivity index (χ2v) is 4.31. The number of alkyl halides is 2. The van der Waals surface area contributed by atoms with Crippen molar-refractivity contribution in [2.75, 3.05) is 6.54 Å². The van der Waals surface area contributed by atoms with Gasteiger partial charge >= 0.3 is 0 Å². The zero-order chi connectivity index (χ0) is 13.8. The first-order valence-corrected chi connectivity index (χ1v) is 5.94. The van der Waals surface area contributed by atoms with Gasteiger partial charge in [0.15, 0.2) is 0 Å². The number of carbonyl (C=O) groups excluding carboxylic acids is 1. The summed E-state index contributed by atoms with van der Waals surface area (Å²) in [5.74, 6) is -0.564. The van der Waals surface area contributed by atoms with Crippen LogP contribution in [0, 0.1) is 0 Å². The summed E-state index contributed by atoms with van der Waals surface area (Å²) in [6.07, 6.45) is -0.478. The van der Waals surface area contributed by atoms with Crippen LogP contribution in [0.5, 0.6) is 0 Å². The molecule has 1 atom stereocenters. The zero-order valence-corrected chi connectivity index (χ0v) is 11.4. The smallest absolute Gasteiger partial charge is 0.255 e. The first kappa shape index (κ1) is 16.4. The first-order valence-electron chi connectivity index (χ1n) is 5.94. The highest BCUT2D eigenvalue weighted by Gasteiger charge is 2.17. The van der Waals surface area contributed by atoms with Crippen molar-refractivity contribution in [3.8, 4) is 0 Å². The number of nitrogens with one attached hydrogen (secondary N) is 2. The Morgan fingerprint density at radius 2 is 2.05 bits per heavy atom. The maximum atomic E-state index is 12.0. The summed E-state index contributed by atoms with van der Waals surface area (Å²) in [5, 5.41) is 3.10. The van der Waals surface area contributed by atoms with E-state index in [2.05, 4.69) is 10.3 Å². The zero-order valence-electron chi connectivity index (χ0n) is 10.6. The number of nitrogens with two attached hydrogens (primary N) is 1. The Morgan fingerprint density at radius 1 is 1.35 bits per heavy atom. The molecule has 110 valence electrons. The standard InChI is InChI=1S/C13H15F2N3O.ClH/c14-12(15)7-18-13(19)10(16)5-8-6-17-11-4-2-1-3-9(8)11;/h1-4,6,10,12,17H,5,7,16H2,(H,18,19);1H/t10-;/m0./s1. The van der Waals surface area contributed by atoms with Crippen LogP contribution in [0.1, 0.15) is 5.56 Å². The molecule has 4 N–H and O–H groups in total. The maximum absolute atomic E-state index is 12.0. The van der Waals surface area contributed by atoms with Crippen LogP contribution in [-0.4, -0.2) is 29.9 Å². The third-order valence-electron chi connectivity index (χ3n) is 2.88. The minimum Gasteiger partial charge on any atom is -0.361 e. The third-order valence-corrected chi connectivity index (χ3v) is 2.88. The number of amides is 1. The summed E-state index contributed by atoms with van der Waals surface area (Å²) in [6, 6.07) is 6.80. The molecule has 0 spiro atoms. The Bertz CT molecular complexity index is 573. The molecule has 1 heterocycles. The quantitative estimate of drug-likeness (QED) is 0.789. The van der Waals surface area contributed by atoms with Crippen molar-refractivity contribution in [3.63, 3.8) is 0 Å². The molecule has 1 aromatic heterocycles. The summed E-state index contributed by atoms with van der Waals surface area (Å²) in [5.41, 5.74) is 7.57. The number of hydrogen-bond acceptors (Lipinski definition) is 2. The molecule has 4 nitrogen and oxygen atoms in total. The Hall–Kier alpha value is -1.66. The van der Waals surface area contributed by atoms with E-state index in [0.29, 0.717) is 6.42 Å². The number of fused-ring (bicyclic) bond motifs is 1. The lowest BCUT2D eigenvalue weighted by molar-refractivity contribution is -0.122. The van der Waals surface area contributed by atoms with E-state index in [-0.39, 0.29) is 12.4 Å². The molecule has 0 bridgehead atoms. The first-order chi connectivity index (χ1) is 9.08. The number of halogens is 3. The van der Waals surface area contributed by atoms with Crippen molar-refractivity contribution in [2.24, 2.45) is 5.73 Å². The Labute approximate surface area is 121 Å². The van der Waals surface area contributed by atoms with Gasteiger partial charge in [0.2, 0.25) is 5.91 Å². The molecule has 0 saturated carbocycles. The molecule has 0 aliphatic rings. The Balaban J connectivity index is 0.00000200. The van der Waals surface area contributed by atoms with Crippen LogP contribution >= 0.6 is 12.4 Å². The van der Waals surface area contributed by atoms with Gasteiger partial charge in [-0.3, -0.25) is 4.79 Å². The number of aromatic amines is 1. The largest absolute Gasteiger partial charge is 0.361 e. The van der Waals surface area contributed by atoms with Crippen LogP contribution in [-0.2, 0) is 11.2 Å². The lowest BCUT2D eigenvalue weighted by Crippen LogP contribution is -2.43. The predicted octanol–water partition coefficient (Wildman–Crippen LogP) is 1.84. The fourth-order valence-corrected chi connectivity index (χ4v) is 1.94. The van der Waals surface area contributed by atoms with Crippen LogP contribution in [0.3, 0.4) is 0 Å².